The maximum absolute atomic E-state index is 4.33. The molecule has 1 heterocycles. The first kappa shape index (κ1) is 15.9. The molecule has 0 aromatic heterocycles. The van der Waals surface area contributed by atoms with E-state index in [1.54, 1.807) is 0 Å². The van der Waals surface area contributed by atoms with Crippen LogP contribution in [0.1, 0.15) is 34.1 Å². The van der Waals surface area contributed by atoms with Gasteiger partial charge in [-0.05, 0) is 19.4 Å². The van der Waals surface area contributed by atoms with Gasteiger partial charge in [-0.3, -0.25) is 0 Å². The van der Waals surface area contributed by atoms with E-state index < -0.39 is 0 Å². The molecule has 3 heteroatoms. The highest BCUT2D eigenvalue weighted by atomic mass is 15.2. The van der Waals surface area contributed by atoms with E-state index in [2.05, 4.69) is 35.6 Å². The zero-order valence-corrected chi connectivity index (χ0v) is 11.8. The number of allylic oxidation sites excluding steroid dienone is 2. The zero-order valence-electron chi connectivity index (χ0n) is 11.8. The van der Waals surface area contributed by atoms with Crippen LogP contribution in [0.5, 0.6) is 0 Å². The number of piperazine rings is 1. The molecule has 3 nitrogen and oxygen atoms in total. The molecule has 0 aromatic carbocycles. The number of hydrogen-bond acceptors (Lipinski definition) is 3. The Morgan fingerprint density at radius 1 is 1.35 bits per heavy atom. The third-order valence-electron chi connectivity index (χ3n) is 2.35. The molecule has 0 radical (unpaired) electrons. The van der Waals surface area contributed by atoms with E-state index >= 15 is 0 Å². The average Bonchev–Trinajstić information content (AvgIpc) is 2.37. The van der Waals surface area contributed by atoms with Crippen LogP contribution in [0.4, 0.5) is 0 Å². The zero-order chi connectivity index (χ0) is 13.1. The van der Waals surface area contributed by atoms with Crippen LogP contribution in [0.2, 0.25) is 0 Å². The fourth-order valence-electron chi connectivity index (χ4n) is 1.26. The molecule has 0 unspecified atom stereocenters. The van der Waals surface area contributed by atoms with E-state index in [0.29, 0.717) is 0 Å². The van der Waals surface area contributed by atoms with Crippen molar-refractivity contribution in [3.63, 3.8) is 0 Å². The van der Waals surface area contributed by atoms with Crippen LogP contribution in [-0.4, -0.2) is 37.3 Å². The molecule has 1 saturated heterocycles. The number of aliphatic imine (C=N–C) groups is 1. The molecule has 1 N–H and O–H groups in total. The summed E-state index contributed by atoms with van der Waals surface area (Å²) in [5.41, 5.74) is 1.17. The van der Waals surface area contributed by atoms with Crippen LogP contribution in [0.3, 0.4) is 0 Å². The van der Waals surface area contributed by atoms with Crippen LogP contribution < -0.4 is 5.32 Å². The van der Waals surface area contributed by atoms with Crippen molar-refractivity contribution in [3.05, 3.63) is 24.0 Å². The van der Waals surface area contributed by atoms with Crippen molar-refractivity contribution in [1.29, 1.82) is 0 Å². The predicted octanol–water partition coefficient (Wildman–Crippen LogP) is 2.82. The smallest absolute Gasteiger partial charge is 0.121 e. The fraction of sp³-hybridized carbons (Fsp3) is 0.643. The Hall–Kier alpha value is -1.09. The summed E-state index contributed by atoms with van der Waals surface area (Å²) in [7, 11) is 0. The topological polar surface area (TPSA) is 27.6 Å². The molecule has 1 fully saturated rings. The van der Waals surface area contributed by atoms with Crippen molar-refractivity contribution in [1.82, 2.24) is 10.2 Å². The fourth-order valence-corrected chi connectivity index (χ4v) is 1.26. The average molecular weight is 237 g/mol. The second-order valence-electron chi connectivity index (χ2n) is 4.15. The standard InChI is InChI=1S/C11H19N3.C3H8/c1-4-10(2)9-13-11(3)14-7-5-12-6-8-14;1-3-2/h4,9,12H,3,5-8H2,1-2H3;3H2,1-2H3/b10-4-,13-9-;. The van der Waals surface area contributed by atoms with Crippen molar-refractivity contribution in [2.45, 2.75) is 34.1 Å². The van der Waals surface area contributed by atoms with Gasteiger partial charge in [0.15, 0.2) is 0 Å². The van der Waals surface area contributed by atoms with Crippen LogP contribution >= 0.6 is 0 Å². The first-order valence-electron chi connectivity index (χ1n) is 6.47. The van der Waals surface area contributed by atoms with Gasteiger partial charge in [-0.25, -0.2) is 4.99 Å². The summed E-state index contributed by atoms with van der Waals surface area (Å²) in [6.07, 6.45) is 5.15. The van der Waals surface area contributed by atoms with Gasteiger partial charge in [-0.15, -0.1) is 0 Å². The molecular formula is C14H27N3. The summed E-state index contributed by atoms with van der Waals surface area (Å²) in [6.45, 7) is 16.3. The van der Waals surface area contributed by atoms with E-state index in [1.807, 2.05) is 26.1 Å². The molecule has 0 amide bonds. The third kappa shape index (κ3) is 7.75. The molecule has 0 bridgehead atoms. The highest BCUT2D eigenvalue weighted by molar-refractivity contribution is 5.78. The number of hydrogen-bond donors (Lipinski definition) is 1. The second-order valence-corrected chi connectivity index (χ2v) is 4.15. The monoisotopic (exact) mass is 237 g/mol. The quantitative estimate of drug-likeness (QED) is 0.764. The van der Waals surface area contributed by atoms with Gasteiger partial charge in [-0.2, -0.15) is 0 Å². The van der Waals surface area contributed by atoms with Gasteiger partial charge >= 0.3 is 0 Å². The van der Waals surface area contributed by atoms with Crippen LogP contribution in [0.15, 0.2) is 29.0 Å². The summed E-state index contributed by atoms with van der Waals surface area (Å²) in [5, 5.41) is 3.30. The Labute approximate surface area is 106 Å². The molecule has 0 spiro atoms. The van der Waals surface area contributed by atoms with Crippen molar-refractivity contribution in [3.8, 4) is 0 Å². The minimum absolute atomic E-state index is 0.868. The Kier molecular flexibility index (Phi) is 9.44. The van der Waals surface area contributed by atoms with Gasteiger partial charge < -0.3 is 10.2 Å². The summed E-state index contributed by atoms with van der Waals surface area (Å²) in [4.78, 5) is 6.53. The first-order valence-corrected chi connectivity index (χ1v) is 6.47. The van der Waals surface area contributed by atoms with Crippen LogP contribution in [0, 0.1) is 0 Å². The SMILES string of the molecule is C=C(/N=C\C(C)=C/C)N1CCNCC1.CCC. The molecule has 98 valence electrons. The van der Waals surface area contributed by atoms with Gasteiger partial charge in [0.05, 0.1) is 0 Å². The molecule has 0 aromatic rings. The third-order valence-corrected chi connectivity index (χ3v) is 2.35. The van der Waals surface area contributed by atoms with E-state index in [4.69, 9.17) is 0 Å². The molecule has 17 heavy (non-hydrogen) atoms. The molecule has 0 saturated carbocycles. The highest BCUT2D eigenvalue weighted by Crippen LogP contribution is 2.04. The van der Waals surface area contributed by atoms with Crippen molar-refractivity contribution >= 4 is 6.21 Å². The summed E-state index contributed by atoms with van der Waals surface area (Å²) in [6, 6.07) is 0. The van der Waals surface area contributed by atoms with Gasteiger partial charge in [0.25, 0.3) is 0 Å². The van der Waals surface area contributed by atoms with Crippen molar-refractivity contribution < 1.29 is 0 Å². The predicted molar refractivity (Wildman–Crippen MR) is 77.5 cm³/mol. The lowest BCUT2D eigenvalue weighted by atomic mass is 10.3. The maximum atomic E-state index is 4.33. The minimum Gasteiger partial charge on any atom is -0.355 e. The van der Waals surface area contributed by atoms with Gasteiger partial charge in [-0.1, -0.05) is 32.9 Å². The number of rotatable bonds is 3. The molecule has 1 rings (SSSR count). The molecular weight excluding hydrogens is 210 g/mol. The Balaban J connectivity index is 0.000000770. The van der Waals surface area contributed by atoms with Crippen molar-refractivity contribution in [2.24, 2.45) is 4.99 Å². The molecule has 1 aliphatic heterocycles. The van der Waals surface area contributed by atoms with Crippen LogP contribution in [-0.2, 0) is 0 Å². The van der Waals surface area contributed by atoms with E-state index in [0.717, 1.165) is 32.0 Å². The van der Waals surface area contributed by atoms with E-state index in [9.17, 15) is 0 Å². The number of nitrogens with one attached hydrogen (secondary N) is 1. The Morgan fingerprint density at radius 3 is 2.35 bits per heavy atom. The van der Waals surface area contributed by atoms with Gasteiger partial charge in [0.1, 0.15) is 5.82 Å². The van der Waals surface area contributed by atoms with Gasteiger partial charge in [0, 0.05) is 32.4 Å². The maximum Gasteiger partial charge on any atom is 0.121 e. The Morgan fingerprint density at radius 2 is 1.88 bits per heavy atom. The first-order chi connectivity index (χ1) is 8.15. The van der Waals surface area contributed by atoms with Crippen LogP contribution in [0.25, 0.3) is 0 Å². The largest absolute Gasteiger partial charge is 0.355 e. The summed E-state index contributed by atoms with van der Waals surface area (Å²) >= 11 is 0. The molecule has 1 aliphatic rings. The number of nitrogens with zero attached hydrogens (tertiary/aromatic N) is 2. The summed E-state index contributed by atoms with van der Waals surface area (Å²) < 4.78 is 0. The second kappa shape index (κ2) is 10.1. The minimum atomic E-state index is 0.868. The van der Waals surface area contributed by atoms with Crippen molar-refractivity contribution in [2.75, 3.05) is 26.2 Å². The van der Waals surface area contributed by atoms with E-state index in [1.165, 1.54) is 12.0 Å². The lowest BCUT2D eigenvalue weighted by molar-refractivity contribution is 0.298. The lowest BCUT2D eigenvalue weighted by Gasteiger charge is -2.28. The molecule has 0 aliphatic carbocycles. The molecule has 0 atom stereocenters. The van der Waals surface area contributed by atoms with E-state index in [-0.39, 0.29) is 0 Å². The Bertz CT molecular complexity index is 261. The summed E-state index contributed by atoms with van der Waals surface area (Å²) in [5.74, 6) is 0.868. The normalized spacial score (nSPS) is 16.7. The highest BCUT2D eigenvalue weighted by Gasteiger charge is 2.09. The van der Waals surface area contributed by atoms with Gasteiger partial charge in [0.2, 0.25) is 0 Å². The lowest BCUT2D eigenvalue weighted by Crippen LogP contribution is -2.42.